The van der Waals surface area contributed by atoms with Gasteiger partial charge in [0, 0.05) is 58.8 Å². The third-order valence-corrected chi connectivity index (χ3v) is 15.3. The number of para-hydroxylation sites is 2. The molecule has 0 atom stereocenters. The number of hydrogen-bond acceptors (Lipinski definition) is 2. The van der Waals surface area contributed by atoms with Crippen molar-refractivity contribution in [2.45, 2.75) is 40.5 Å². The number of thiophene rings is 1. The predicted molar refractivity (Wildman–Crippen MR) is 300 cm³/mol. The molecule has 0 unspecified atom stereocenters. The van der Waals surface area contributed by atoms with Crippen LogP contribution in [0.1, 0.15) is 37.8 Å². The highest BCUT2D eigenvalue weighted by atomic mass is 32.1. The summed E-state index contributed by atoms with van der Waals surface area (Å²) in [6.07, 6.45) is 2.64. The summed E-state index contributed by atoms with van der Waals surface area (Å²) in [5.74, 6) is 0. The highest BCUT2D eigenvalue weighted by molar-refractivity contribution is 7.26. The number of rotatable bonds is 8. The lowest BCUT2D eigenvalue weighted by Gasteiger charge is -2.27. The number of anilines is 3. The van der Waals surface area contributed by atoms with Crippen molar-refractivity contribution in [1.82, 2.24) is 4.40 Å². The molecule has 69 heavy (non-hydrogen) atoms. The number of hydrogen-bond donors (Lipinski definition) is 0. The molecule has 3 aromatic heterocycles. The smallest absolute Gasteiger partial charge is 0.0620 e. The molecule has 0 N–H and O–H groups in total. The van der Waals surface area contributed by atoms with Crippen LogP contribution in [0.4, 0.5) is 17.1 Å². The minimum atomic E-state index is 1.11. The van der Waals surface area contributed by atoms with E-state index in [1.807, 2.05) is 11.3 Å². The average Bonchev–Trinajstić information content (AvgIpc) is 4.08. The van der Waals surface area contributed by atoms with Gasteiger partial charge in [0.25, 0.3) is 0 Å². The summed E-state index contributed by atoms with van der Waals surface area (Å²) in [6.45, 7) is 8.87. The molecule has 3 heterocycles. The van der Waals surface area contributed by atoms with Crippen LogP contribution in [0.3, 0.4) is 0 Å². The summed E-state index contributed by atoms with van der Waals surface area (Å²) in [6, 6.07) is 80.5. The van der Waals surface area contributed by atoms with Crippen LogP contribution in [0.15, 0.2) is 218 Å². The molecular formula is C66H52N2S. The van der Waals surface area contributed by atoms with Gasteiger partial charge in [0.05, 0.1) is 16.6 Å². The van der Waals surface area contributed by atoms with Gasteiger partial charge in [-0.3, -0.25) is 0 Å². The van der Waals surface area contributed by atoms with Crippen LogP contribution in [0.2, 0.25) is 0 Å². The van der Waals surface area contributed by atoms with Crippen molar-refractivity contribution in [3.05, 3.63) is 230 Å². The second kappa shape index (κ2) is 17.6. The zero-order valence-corrected chi connectivity index (χ0v) is 40.3. The Labute approximate surface area is 408 Å². The summed E-state index contributed by atoms with van der Waals surface area (Å²) < 4.78 is 5.12. The van der Waals surface area contributed by atoms with Crippen molar-refractivity contribution in [2.75, 3.05) is 4.90 Å². The summed E-state index contributed by atoms with van der Waals surface area (Å²) >= 11 is 1.88. The first kappa shape index (κ1) is 42.4. The number of aromatic nitrogens is 1. The van der Waals surface area contributed by atoms with Gasteiger partial charge in [-0.1, -0.05) is 190 Å². The molecule has 3 heteroatoms. The number of aryl methyl sites for hydroxylation is 2. The van der Waals surface area contributed by atoms with Crippen LogP contribution < -0.4 is 4.90 Å². The molecule has 332 valence electrons. The number of nitrogens with zero attached hydrogens (tertiary/aromatic N) is 2. The van der Waals surface area contributed by atoms with E-state index in [0.29, 0.717) is 0 Å². The quantitative estimate of drug-likeness (QED) is 0.147. The minimum absolute atomic E-state index is 1.11. The molecule has 0 saturated heterocycles. The largest absolute Gasteiger partial charge is 0.310 e. The minimum Gasteiger partial charge on any atom is -0.310 e. The van der Waals surface area contributed by atoms with E-state index < -0.39 is 0 Å². The fraction of sp³-hybridized carbons (Fsp3) is 0.0909. The third kappa shape index (κ3) is 7.24. The number of benzene rings is 10. The van der Waals surface area contributed by atoms with Crippen molar-refractivity contribution in [3.8, 4) is 44.5 Å². The van der Waals surface area contributed by atoms with Gasteiger partial charge < -0.3 is 9.30 Å². The number of unbranched alkanes of at least 4 members (excludes halogenated alkanes) is 1. The van der Waals surface area contributed by atoms with Gasteiger partial charge >= 0.3 is 0 Å². The van der Waals surface area contributed by atoms with Gasteiger partial charge in [-0.2, -0.15) is 0 Å². The molecule has 0 fully saturated rings. The lowest BCUT2D eigenvalue weighted by molar-refractivity contribution is 0.886. The van der Waals surface area contributed by atoms with Gasteiger partial charge in [0.15, 0.2) is 0 Å². The van der Waals surface area contributed by atoms with Crippen LogP contribution >= 0.6 is 11.3 Å². The predicted octanol–water partition coefficient (Wildman–Crippen LogP) is 19.8. The zero-order chi connectivity index (χ0) is 46.6. The second-order valence-corrected chi connectivity index (χ2v) is 19.4. The van der Waals surface area contributed by atoms with Gasteiger partial charge in [-0.25, -0.2) is 0 Å². The van der Waals surface area contributed by atoms with Crippen molar-refractivity contribution in [1.29, 1.82) is 0 Å². The average molecular weight is 905 g/mol. The molecule has 0 bridgehead atoms. The molecular weight excluding hydrogens is 853 g/mol. The van der Waals surface area contributed by atoms with Crippen LogP contribution in [-0.4, -0.2) is 4.40 Å². The maximum absolute atomic E-state index is 2.47. The molecule has 0 aliphatic heterocycles. The highest BCUT2D eigenvalue weighted by Gasteiger charge is 2.21. The number of fused-ring (bicyclic) bond motifs is 9. The fourth-order valence-corrected chi connectivity index (χ4v) is 11.8. The van der Waals surface area contributed by atoms with Crippen LogP contribution in [-0.2, 0) is 0 Å². The van der Waals surface area contributed by atoms with Crippen molar-refractivity contribution in [3.63, 3.8) is 0 Å². The van der Waals surface area contributed by atoms with Crippen LogP contribution in [0.25, 0.3) is 103 Å². The monoisotopic (exact) mass is 904 g/mol. The SMILES string of the molecule is CCCC.Cc1cc(-c2cccc3c2c2cccc4c5ccccc5n3c42)ccc1-c1ccc(N(c2ccc(-c3ccccc3)cc2)c2ccc(-c3cccc4c3sc3ccccc34)cc2)cc1C. The lowest BCUT2D eigenvalue weighted by Crippen LogP contribution is -2.10. The Hall–Kier alpha value is -7.98. The molecule has 2 nitrogen and oxygen atoms in total. The van der Waals surface area contributed by atoms with Gasteiger partial charge in [-0.15, -0.1) is 11.3 Å². The third-order valence-electron chi connectivity index (χ3n) is 14.1. The van der Waals surface area contributed by atoms with E-state index in [1.54, 1.807) is 0 Å². The maximum atomic E-state index is 2.47. The van der Waals surface area contributed by atoms with E-state index in [-0.39, 0.29) is 0 Å². The summed E-state index contributed by atoms with van der Waals surface area (Å²) in [7, 11) is 0. The van der Waals surface area contributed by atoms with Crippen molar-refractivity contribution < 1.29 is 0 Å². The van der Waals surface area contributed by atoms with Crippen molar-refractivity contribution in [2.24, 2.45) is 0 Å². The van der Waals surface area contributed by atoms with E-state index in [1.165, 1.54) is 127 Å². The molecule has 10 aromatic carbocycles. The first-order valence-corrected chi connectivity index (χ1v) is 25.1. The van der Waals surface area contributed by atoms with Crippen LogP contribution in [0.5, 0.6) is 0 Å². The molecule has 0 amide bonds. The standard InChI is InChI=1S/C62H42N2S.C4H10/c1-39-37-44(50-17-12-23-58-60(50)56-21-11-19-54-52-15-6-8-22-57(52)64(58)61(54)56)29-35-48(39)49-36-34-47(38-40(49)2)63(45-30-25-42(26-31-45)41-13-4-3-5-14-41)46-32-27-43(28-33-46)51-18-10-20-55-53-16-7-9-24-59(53)65-62(51)55;1-3-4-2/h3-38H,1-2H3;3-4H2,1-2H3. The van der Waals surface area contributed by atoms with E-state index in [9.17, 15) is 0 Å². The first-order valence-electron chi connectivity index (χ1n) is 24.3. The summed E-state index contributed by atoms with van der Waals surface area (Å²) in [5.41, 5.74) is 19.6. The van der Waals surface area contributed by atoms with E-state index in [2.05, 4.69) is 255 Å². The van der Waals surface area contributed by atoms with Crippen LogP contribution in [0, 0.1) is 13.8 Å². The molecule has 0 aliphatic carbocycles. The Morgan fingerprint density at radius 3 is 1.65 bits per heavy atom. The Morgan fingerprint density at radius 1 is 0.377 bits per heavy atom. The van der Waals surface area contributed by atoms with Gasteiger partial charge in [0.1, 0.15) is 0 Å². The Kier molecular flexibility index (Phi) is 10.8. The molecule has 13 rings (SSSR count). The molecule has 0 spiro atoms. The Bertz CT molecular complexity index is 3990. The zero-order valence-electron chi connectivity index (χ0n) is 39.5. The summed E-state index contributed by atoms with van der Waals surface area (Å²) in [5, 5.41) is 7.88. The van der Waals surface area contributed by atoms with E-state index >= 15 is 0 Å². The van der Waals surface area contributed by atoms with Gasteiger partial charge in [0.2, 0.25) is 0 Å². The Morgan fingerprint density at radius 2 is 0.913 bits per heavy atom. The molecule has 0 radical (unpaired) electrons. The fourth-order valence-electron chi connectivity index (χ4n) is 10.6. The second-order valence-electron chi connectivity index (χ2n) is 18.4. The van der Waals surface area contributed by atoms with Crippen molar-refractivity contribution >= 4 is 86.7 Å². The Balaban J connectivity index is 0.00000119. The lowest BCUT2D eigenvalue weighted by atomic mass is 9.91. The van der Waals surface area contributed by atoms with E-state index in [0.717, 1.165) is 17.1 Å². The topological polar surface area (TPSA) is 7.65 Å². The van der Waals surface area contributed by atoms with Gasteiger partial charge in [-0.05, 0) is 124 Å². The maximum Gasteiger partial charge on any atom is 0.0620 e. The molecule has 0 saturated carbocycles. The summed E-state index contributed by atoms with van der Waals surface area (Å²) in [4.78, 5) is 2.39. The first-order chi connectivity index (χ1) is 34.0. The van der Waals surface area contributed by atoms with E-state index in [4.69, 9.17) is 0 Å². The molecule has 13 aromatic rings. The normalized spacial score (nSPS) is 11.6. The highest BCUT2D eigenvalue weighted by Crippen LogP contribution is 2.45. The molecule has 0 aliphatic rings.